The molecular weight excluding hydrogens is 302 g/mol. The van der Waals surface area contributed by atoms with Gasteiger partial charge in [0.15, 0.2) is 5.82 Å². The maximum Gasteiger partial charge on any atom is 0.231 e. The van der Waals surface area contributed by atoms with Crippen LogP contribution in [0.3, 0.4) is 0 Å². The van der Waals surface area contributed by atoms with Crippen LogP contribution in [0.5, 0.6) is 5.75 Å². The van der Waals surface area contributed by atoms with Gasteiger partial charge in [-0.25, -0.2) is 0 Å². The second-order valence-corrected chi connectivity index (χ2v) is 5.96. The van der Waals surface area contributed by atoms with E-state index in [4.69, 9.17) is 20.9 Å². The first kappa shape index (κ1) is 15.3. The molecule has 0 aliphatic carbocycles. The van der Waals surface area contributed by atoms with Crippen molar-refractivity contribution in [2.75, 3.05) is 19.7 Å². The van der Waals surface area contributed by atoms with Gasteiger partial charge in [0.25, 0.3) is 0 Å². The number of halogens is 1. The maximum atomic E-state index is 6.35. The summed E-state index contributed by atoms with van der Waals surface area (Å²) in [6, 6.07) is 5.80. The summed E-state index contributed by atoms with van der Waals surface area (Å²) in [6.45, 7) is 7.13. The highest BCUT2D eigenvalue weighted by molar-refractivity contribution is 6.31. The largest absolute Gasteiger partial charge is 0.493 e. The van der Waals surface area contributed by atoms with Crippen molar-refractivity contribution in [3.8, 4) is 5.75 Å². The molecule has 0 bridgehead atoms. The van der Waals surface area contributed by atoms with Gasteiger partial charge in [0.2, 0.25) is 5.89 Å². The number of hydrogen-bond acceptors (Lipinski definition) is 5. The fourth-order valence-electron chi connectivity index (χ4n) is 2.86. The van der Waals surface area contributed by atoms with Crippen molar-refractivity contribution in [2.24, 2.45) is 0 Å². The van der Waals surface area contributed by atoms with E-state index in [0.29, 0.717) is 18.3 Å². The third-order valence-corrected chi connectivity index (χ3v) is 4.28. The van der Waals surface area contributed by atoms with E-state index < -0.39 is 0 Å². The SMILES string of the molecule is CCOc1cccc(Cl)c1CN1CCC(c2nc(C)no2)C1. The molecule has 0 saturated carbocycles. The van der Waals surface area contributed by atoms with Gasteiger partial charge in [-0.2, -0.15) is 4.98 Å². The Bertz CT molecular complexity index is 644. The van der Waals surface area contributed by atoms with Crippen LogP contribution in [0.15, 0.2) is 22.7 Å². The van der Waals surface area contributed by atoms with Crippen molar-refractivity contribution < 1.29 is 9.26 Å². The summed E-state index contributed by atoms with van der Waals surface area (Å²) >= 11 is 6.35. The van der Waals surface area contributed by atoms with Crippen LogP contribution in [0.2, 0.25) is 5.02 Å². The summed E-state index contributed by atoms with van der Waals surface area (Å²) in [5.41, 5.74) is 1.05. The Morgan fingerprint density at radius 1 is 1.45 bits per heavy atom. The Morgan fingerprint density at radius 3 is 3.05 bits per heavy atom. The molecule has 1 aromatic carbocycles. The minimum absolute atomic E-state index is 0.305. The summed E-state index contributed by atoms with van der Waals surface area (Å²) in [7, 11) is 0. The van der Waals surface area contributed by atoms with E-state index in [1.54, 1.807) is 0 Å². The monoisotopic (exact) mass is 321 g/mol. The number of aryl methyl sites for hydroxylation is 1. The summed E-state index contributed by atoms with van der Waals surface area (Å²) in [5.74, 6) is 2.61. The lowest BCUT2D eigenvalue weighted by atomic mass is 10.1. The molecule has 5 nitrogen and oxygen atoms in total. The molecule has 1 aliphatic rings. The molecule has 0 N–H and O–H groups in total. The maximum absolute atomic E-state index is 6.35. The van der Waals surface area contributed by atoms with Crippen molar-refractivity contribution >= 4 is 11.6 Å². The fraction of sp³-hybridized carbons (Fsp3) is 0.500. The van der Waals surface area contributed by atoms with Gasteiger partial charge in [0, 0.05) is 23.7 Å². The molecular formula is C16H20ClN3O2. The second-order valence-electron chi connectivity index (χ2n) is 5.55. The summed E-state index contributed by atoms with van der Waals surface area (Å²) in [6.07, 6.45) is 1.02. The molecule has 1 saturated heterocycles. The predicted molar refractivity (Wildman–Crippen MR) is 84.3 cm³/mol. The van der Waals surface area contributed by atoms with Crippen molar-refractivity contribution in [2.45, 2.75) is 32.7 Å². The van der Waals surface area contributed by atoms with Crippen molar-refractivity contribution in [3.05, 3.63) is 40.5 Å². The highest BCUT2D eigenvalue weighted by Gasteiger charge is 2.28. The number of nitrogens with zero attached hydrogens (tertiary/aromatic N) is 3. The molecule has 6 heteroatoms. The van der Waals surface area contributed by atoms with Crippen LogP contribution in [0.25, 0.3) is 0 Å². The normalized spacial score (nSPS) is 18.8. The predicted octanol–water partition coefficient (Wildman–Crippen LogP) is 3.42. The Hall–Kier alpha value is -1.59. The lowest BCUT2D eigenvalue weighted by Gasteiger charge is -2.19. The van der Waals surface area contributed by atoms with E-state index in [1.165, 1.54) is 0 Å². The van der Waals surface area contributed by atoms with Gasteiger partial charge in [-0.3, -0.25) is 4.90 Å². The second kappa shape index (κ2) is 6.67. The van der Waals surface area contributed by atoms with Crippen LogP contribution < -0.4 is 4.74 Å². The lowest BCUT2D eigenvalue weighted by molar-refractivity contribution is 0.294. The number of benzene rings is 1. The molecule has 3 rings (SSSR count). The van der Waals surface area contributed by atoms with Gasteiger partial charge in [-0.15, -0.1) is 0 Å². The fourth-order valence-corrected chi connectivity index (χ4v) is 3.09. The molecule has 22 heavy (non-hydrogen) atoms. The molecule has 1 unspecified atom stereocenters. The van der Waals surface area contributed by atoms with E-state index in [0.717, 1.165) is 48.3 Å². The van der Waals surface area contributed by atoms with E-state index in [1.807, 2.05) is 32.0 Å². The van der Waals surface area contributed by atoms with E-state index in [9.17, 15) is 0 Å². The zero-order valence-corrected chi connectivity index (χ0v) is 13.6. The molecule has 0 spiro atoms. The highest BCUT2D eigenvalue weighted by Crippen LogP contribution is 2.32. The van der Waals surface area contributed by atoms with E-state index >= 15 is 0 Å². The van der Waals surface area contributed by atoms with Gasteiger partial charge in [-0.05, 0) is 38.9 Å². The van der Waals surface area contributed by atoms with Crippen LogP contribution in [0.4, 0.5) is 0 Å². The van der Waals surface area contributed by atoms with Crippen molar-refractivity contribution in [1.82, 2.24) is 15.0 Å². The smallest absolute Gasteiger partial charge is 0.231 e. The first-order chi connectivity index (χ1) is 10.7. The van der Waals surface area contributed by atoms with Gasteiger partial charge in [0.05, 0.1) is 12.5 Å². The molecule has 118 valence electrons. The number of ether oxygens (including phenoxy) is 1. The molecule has 1 aromatic heterocycles. The van der Waals surface area contributed by atoms with Gasteiger partial charge < -0.3 is 9.26 Å². The van der Waals surface area contributed by atoms with Gasteiger partial charge in [0.1, 0.15) is 5.75 Å². The molecule has 1 aliphatic heterocycles. The topological polar surface area (TPSA) is 51.4 Å². The Labute approximate surface area is 135 Å². The zero-order valence-electron chi connectivity index (χ0n) is 12.9. The molecule has 1 atom stereocenters. The molecule has 0 amide bonds. The van der Waals surface area contributed by atoms with Gasteiger partial charge >= 0.3 is 0 Å². The molecule has 0 radical (unpaired) electrons. The number of aromatic nitrogens is 2. The average Bonchev–Trinajstić information content (AvgIpc) is 3.12. The van der Waals surface area contributed by atoms with Crippen LogP contribution >= 0.6 is 11.6 Å². The van der Waals surface area contributed by atoms with E-state index in [-0.39, 0.29) is 0 Å². The molecule has 1 fully saturated rings. The number of rotatable bonds is 5. The highest BCUT2D eigenvalue weighted by atomic mass is 35.5. The third kappa shape index (κ3) is 3.25. The van der Waals surface area contributed by atoms with Crippen LogP contribution in [0.1, 0.15) is 36.5 Å². The summed E-state index contributed by atoms with van der Waals surface area (Å²) in [5, 5.41) is 4.63. The van der Waals surface area contributed by atoms with Gasteiger partial charge in [-0.1, -0.05) is 22.8 Å². The number of hydrogen-bond donors (Lipinski definition) is 0. The summed E-state index contributed by atoms with van der Waals surface area (Å²) < 4.78 is 11.0. The van der Waals surface area contributed by atoms with Crippen LogP contribution in [0, 0.1) is 6.92 Å². The third-order valence-electron chi connectivity index (χ3n) is 3.92. The van der Waals surface area contributed by atoms with Crippen LogP contribution in [-0.4, -0.2) is 34.7 Å². The Kier molecular flexibility index (Phi) is 4.64. The first-order valence-corrected chi connectivity index (χ1v) is 7.98. The molecule has 2 aromatic rings. The van der Waals surface area contributed by atoms with Crippen LogP contribution in [-0.2, 0) is 6.54 Å². The number of likely N-dealkylation sites (tertiary alicyclic amines) is 1. The Balaban J connectivity index is 1.70. The van der Waals surface area contributed by atoms with Crippen molar-refractivity contribution in [3.63, 3.8) is 0 Å². The first-order valence-electron chi connectivity index (χ1n) is 7.60. The lowest BCUT2D eigenvalue weighted by Crippen LogP contribution is -2.20. The zero-order chi connectivity index (χ0) is 15.5. The summed E-state index contributed by atoms with van der Waals surface area (Å²) in [4.78, 5) is 6.70. The minimum Gasteiger partial charge on any atom is -0.493 e. The average molecular weight is 322 g/mol. The molecule has 2 heterocycles. The van der Waals surface area contributed by atoms with E-state index in [2.05, 4.69) is 15.0 Å². The van der Waals surface area contributed by atoms with Crippen molar-refractivity contribution in [1.29, 1.82) is 0 Å². The minimum atomic E-state index is 0.305. The quantitative estimate of drug-likeness (QED) is 0.844. The standard InChI is InChI=1S/C16H20ClN3O2/c1-3-21-15-6-4-5-14(17)13(15)10-20-8-7-12(9-20)16-18-11(2)19-22-16/h4-6,12H,3,7-10H2,1-2H3. The Morgan fingerprint density at radius 2 is 2.32 bits per heavy atom.